The predicted octanol–water partition coefficient (Wildman–Crippen LogP) is -3.60. The minimum atomic E-state index is -1.49. The molecule has 0 aromatic carbocycles. The number of carbonyl (C=O) groups is 5. The van der Waals surface area contributed by atoms with Gasteiger partial charge >= 0.3 is 5.97 Å². The Morgan fingerprint density at radius 2 is 1.56 bits per heavy atom. The van der Waals surface area contributed by atoms with Gasteiger partial charge in [-0.15, -0.1) is 0 Å². The number of carbonyl (C=O) groups excluding carboxylic acids is 4. The van der Waals surface area contributed by atoms with E-state index in [4.69, 9.17) is 11.5 Å². The number of carboxylic acids is 1. The summed E-state index contributed by atoms with van der Waals surface area (Å²) in [6, 6.07) is -4.11. The molecule has 0 saturated heterocycles. The van der Waals surface area contributed by atoms with Crippen LogP contribution >= 0.6 is 0 Å². The summed E-state index contributed by atoms with van der Waals surface area (Å²) in [5.74, 6) is -5.17. The minimum absolute atomic E-state index is 0.395. The van der Waals surface area contributed by atoms with Crippen LogP contribution in [0.15, 0.2) is 0 Å². The molecule has 12 nitrogen and oxygen atoms in total. The molecule has 0 rings (SSSR count). The van der Waals surface area contributed by atoms with Gasteiger partial charge < -0.3 is 37.6 Å². The molecule has 0 fully saturated rings. The third-order valence-corrected chi connectivity index (χ3v) is 3.83. The van der Waals surface area contributed by atoms with Crippen LogP contribution in [0.5, 0.6) is 0 Å². The lowest BCUT2D eigenvalue weighted by molar-refractivity contribution is -0.144. The zero-order chi connectivity index (χ0) is 21.1. The Morgan fingerprint density at radius 3 is 1.96 bits per heavy atom. The molecule has 27 heavy (non-hydrogen) atoms. The molecule has 4 atom stereocenters. The highest BCUT2D eigenvalue weighted by molar-refractivity contribution is 5.95. The summed E-state index contributed by atoms with van der Waals surface area (Å²) in [6.07, 6.45) is -0.0822. The zero-order valence-electron chi connectivity index (χ0n) is 15.2. The van der Waals surface area contributed by atoms with Crippen molar-refractivity contribution in [1.29, 1.82) is 0 Å². The fraction of sp³-hybridized carbons (Fsp3) is 0.667. The topological polar surface area (TPSA) is 214 Å². The van der Waals surface area contributed by atoms with Crippen molar-refractivity contribution in [2.75, 3.05) is 13.2 Å². The lowest BCUT2D eigenvalue weighted by Gasteiger charge is -2.25. The number of hydrogen-bond donors (Lipinski definition) is 7. The molecule has 9 N–H and O–H groups in total. The van der Waals surface area contributed by atoms with Gasteiger partial charge in [0.15, 0.2) is 0 Å². The van der Waals surface area contributed by atoms with Gasteiger partial charge in [-0.25, -0.2) is 4.79 Å². The highest BCUT2D eigenvalue weighted by atomic mass is 16.4. The molecule has 0 spiro atoms. The van der Waals surface area contributed by atoms with E-state index in [-0.39, 0.29) is 0 Å². The molecule has 0 aliphatic heterocycles. The van der Waals surface area contributed by atoms with Gasteiger partial charge in [0, 0.05) is 0 Å². The standard InChI is InChI=1S/C15H27N5O7/c1-3-7(2)12(15(26)27)20-14(25)9(6-21)19-13(24)8(4-10(17)22)18-11(23)5-16/h7-9,12,21H,3-6,16H2,1-2H3,(H2,17,22)(H,18,23)(H,19,24)(H,20,25)(H,26,27). The fourth-order valence-electron chi connectivity index (χ4n) is 2.07. The highest BCUT2D eigenvalue weighted by Crippen LogP contribution is 2.08. The van der Waals surface area contributed by atoms with Crippen LogP contribution in [0, 0.1) is 5.92 Å². The molecule has 0 aromatic rings. The van der Waals surface area contributed by atoms with Crippen molar-refractivity contribution in [2.24, 2.45) is 17.4 Å². The van der Waals surface area contributed by atoms with Crippen LogP contribution in [0.4, 0.5) is 0 Å². The molecule has 0 aliphatic rings. The largest absolute Gasteiger partial charge is 0.480 e. The van der Waals surface area contributed by atoms with Crippen LogP contribution in [-0.4, -0.2) is 71.1 Å². The van der Waals surface area contributed by atoms with E-state index in [0.717, 1.165) is 0 Å². The third kappa shape index (κ3) is 8.46. The second-order valence-electron chi connectivity index (χ2n) is 5.95. The van der Waals surface area contributed by atoms with E-state index < -0.39 is 73.2 Å². The van der Waals surface area contributed by atoms with Crippen molar-refractivity contribution < 1.29 is 34.2 Å². The molecule has 0 aromatic heterocycles. The average molecular weight is 389 g/mol. The zero-order valence-corrected chi connectivity index (χ0v) is 15.2. The van der Waals surface area contributed by atoms with Crippen molar-refractivity contribution in [2.45, 2.75) is 44.8 Å². The Hall–Kier alpha value is -2.73. The summed E-state index contributed by atoms with van der Waals surface area (Å²) >= 11 is 0. The quantitative estimate of drug-likeness (QED) is 0.176. The first kappa shape index (κ1) is 24.3. The van der Waals surface area contributed by atoms with E-state index in [0.29, 0.717) is 6.42 Å². The molecule has 4 amide bonds. The number of hydrogen-bond acceptors (Lipinski definition) is 7. The lowest BCUT2D eigenvalue weighted by atomic mass is 9.99. The van der Waals surface area contributed by atoms with Gasteiger partial charge in [-0.1, -0.05) is 20.3 Å². The number of nitrogens with one attached hydrogen (secondary N) is 3. The monoisotopic (exact) mass is 389 g/mol. The molecule has 0 aliphatic carbocycles. The molecule has 0 saturated carbocycles. The summed E-state index contributed by atoms with van der Waals surface area (Å²) in [4.78, 5) is 58.2. The molecule has 0 heterocycles. The minimum Gasteiger partial charge on any atom is -0.480 e. The van der Waals surface area contributed by atoms with Crippen molar-refractivity contribution in [3.05, 3.63) is 0 Å². The summed E-state index contributed by atoms with van der Waals surface area (Å²) in [6.45, 7) is 2.09. The Balaban J connectivity index is 5.15. The molecule has 12 heteroatoms. The lowest BCUT2D eigenvalue weighted by Crippen LogP contribution is -2.58. The van der Waals surface area contributed by atoms with E-state index in [9.17, 15) is 34.2 Å². The van der Waals surface area contributed by atoms with Crippen molar-refractivity contribution in [3.63, 3.8) is 0 Å². The number of nitrogens with two attached hydrogens (primary N) is 2. The summed E-state index contributed by atoms with van der Waals surface area (Å²) in [5, 5.41) is 25.1. The second kappa shape index (κ2) is 11.8. The smallest absolute Gasteiger partial charge is 0.326 e. The average Bonchev–Trinajstić information content (AvgIpc) is 2.61. The third-order valence-electron chi connectivity index (χ3n) is 3.83. The first-order chi connectivity index (χ1) is 12.6. The number of rotatable bonds is 12. The van der Waals surface area contributed by atoms with Gasteiger partial charge in [-0.3, -0.25) is 19.2 Å². The van der Waals surface area contributed by atoms with E-state index in [2.05, 4.69) is 16.0 Å². The highest BCUT2D eigenvalue weighted by Gasteiger charge is 2.31. The van der Waals surface area contributed by atoms with Gasteiger partial charge in [0.2, 0.25) is 23.6 Å². The Bertz CT molecular complexity index is 569. The van der Waals surface area contributed by atoms with Crippen LogP contribution in [0.3, 0.4) is 0 Å². The van der Waals surface area contributed by atoms with Crippen LogP contribution in [0.1, 0.15) is 26.7 Å². The van der Waals surface area contributed by atoms with Crippen molar-refractivity contribution in [3.8, 4) is 0 Å². The van der Waals surface area contributed by atoms with Crippen LogP contribution in [-0.2, 0) is 24.0 Å². The fourth-order valence-corrected chi connectivity index (χ4v) is 2.07. The summed E-state index contributed by atoms with van der Waals surface area (Å²) in [7, 11) is 0. The van der Waals surface area contributed by atoms with Crippen LogP contribution in [0.2, 0.25) is 0 Å². The SMILES string of the molecule is CCC(C)C(NC(=O)C(CO)NC(=O)C(CC(N)=O)NC(=O)CN)C(=O)O. The summed E-state index contributed by atoms with van der Waals surface area (Å²) < 4.78 is 0. The van der Waals surface area contributed by atoms with Crippen molar-refractivity contribution in [1.82, 2.24) is 16.0 Å². The number of carboxylic acid groups (broad SMARTS) is 1. The molecule has 0 radical (unpaired) electrons. The number of primary amides is 1. The van der Waals surface area contributed by atoms with E-state index in [1.807, 2.05) is 0 Å². The molecular weight excluding hydrogens is 362 g/mol. The molecule has 154 valence electrons. The van der Waals surface area contributed by atoms with Crippen molar-refractivity contribution >= 4 is 29.6 Å². The van der Waals surface area contributed by atoms with E-state index >= 15 is 0 Å². The molecular formula is C15H27N5O7. The number of amides is 4. The molecule has 0 bridgehead atoms. The van der Waals surface area contributed by atoms with Gasteiger partial charge in [-0.2, -0.15) is 0 Å². The van der Waals surface area contributed by atoms with Crippen LogP contribution < -0.4 is 27.4 Å². The van der Waals surface area contributed by atoms with Crippen LogP contribution in [0.25, 0.3) is 0 Å². The Labute approximate surface area is 156 Å². The number of aliphatic hydroxyl groups excluding tert-OH is 1. The number of aliphatic hydroxyl groups is 1. The van der Waals surface area contributed by atoms with E-state index in [1.54, 1.807) is 13.8 Å². The van der Waals surface area contributed by atoms with Gasteiger partial charge in [0.1, 0.15) is 18.1 Å². The predicted molar refractivity (Wildman–Crippen MR) is 92.8 cm³/mol. The normalized spacial score (nSPS) is 15.0. The van der Waals surface area contributed by atoms with Gasteiger partial charge in [-0.05, 0) is 5.92 Å². The maximum absolute atomic E-state index is 12.2. The Morgan fingerprint density at radius 1 is 1.00 bits per heavy atom. The summed E-state index contributed by atoms with van der Waals surface area (Å²) in [5.41, 5.74) is 10.2. The maximum Gasteiger partial charge on any atom is 0.326 e. The second-order valence-corrected chi connectivity index (χ2v) is 5.95. The first-order valence-corrected chi connectivity index (χ1v) is 8.29. The first-order valence-electron chi connectivity index (χ1n) is 8.29. The Kier molecular flexibility index (Phi) is 10.6. The number of aliphatic carboxylic acids is 1. The van der Waals surface area contributed by atoms with Gasteiger partial charge in [0.25, 0.3) is 0 Å². The van der Waals surface area contributed by atoms with E-state index in [1.165, 1.54) is 0 Å². The van der Waals surface area contributed by atoms with Gasteiger partial charge in [0.05, 0.1) is 19.6 Å². The molecule has 4 unspecified atom stereocenters. The maximum atomic E-state index is 12.2.